The van der Waals surface area contributed by atoms with Crippen LogP contribution < -0.4 is 21.3 Å². The van der Waals surface area contributed by atoms with Gasteiger partial charge in [-0.15, -0.1) is 0 Å². The van der Waals surface area contributed by atoms with Gasteiger partial charge in [0.25, 0.3) is 5.56 Å². The number of hydrogen-bond donors (Lipinski definition) is 1. The molecule has 0 radical (unpaired) electrons. The fourth-order valence-corrected chi connectivity index (χ4v) is 2.66. The quantitative estimate of drug-likeness (QED) is 0.714. The SMILES string of the molecule is COc1ccc(-n2ccc(CNc3c(C#N)c(=O)n(C)c(=O)n3C)n2)cc1. The number of rotatable bonds is 5. The predicted molar refractivity (Wildman–Crippen MR) is 99.1 cm³/mol. The molecule has 0 spiro atoms. The molecule has 27 heavy (non-hydrogen) atoms. The second-order valence-corrected chi connectivity index (χ2v) is 5.84. The average Bonchev–Trinajstić information content (AvgIpc) is 3.17. The second-order valence-electron chi connectivity index (χ2n) is 5.84. The monoisotopic (exact) mass is 366 g/mol. The molecule has 0 saturated carbocycles. The molecule has 1 N–H and O–H groups in total. The van der Waals surface area contributed by atoms with Gasteiger partial charge in [0, 0.05) is 20.3 Å². The summed E-state index contributed by atoms with van der Waals surface area (Å²) in [4.78, 5) is 24.2. The van der Waals surface area contributed by atoms with Crippen LogP contribution in [-0.4, -0.2) is 26.0 Å². The van der Waals surface area contributed by atoms with Crippen LogP contribution >= 0.6 is 0 Å². The van der Waals surface area contributed by atoms with Gasteiger partial charge in [-0.05, 0) is 30.3 Å². The Kier molecular flexibility index (Phi) is 4.81. The first-order chi connectivity index (χ1) is 13.0. The van der Waals surface area contributed by atoms with Gasteiger partial charge in [-0.1, -0.05) is 0 Å². The Morgan fingerprint density at radius 3 is 2.48 bits per heavy atom. The number of hydrogen-bond acceptors (Lipinski definition) is 6. The highest BCUT2D eigenvalue weighted by Crippen LogP contribution is 2.15. The first-order valence-corrected chi connectivity index (χ1v) is 8.09. The van der Waals surface area contributed by atoms with Gasteiger partial charge in [0.15, 0.2) is 5.56 Å². The van der Waals surface area contributed by atoms with Gasteiger partial charge in [-0.2, -0.15) is 10.4 Å². The van der Waals surface area contributed by atoms with E-state index >= 15 is 0 Å². The molecule has 3 rings (SSSR count). The van der Waals surface area contributed by atoms with Crippen molar-refractivity contribution in [2.45, 2.75) is 6.54 Å². The molecule has 0 aliphatic rings. The van der Waals surface area contributed by atoms with Crippen molar-refractivity contribution >= 4 is 5.82 Å². The van der Waals surface area contributed by atoms with Crippen LogP contribution in [0.3, 0.4) is 0 Å². The Morgan fingerprint density at radius 2 is 1.85 bits per heavy atom. The highest BCUT2D eigenvalue weighted by atomic mass is 16.5. The Morgan fingerprint density at radius 1 is 1.15 bits per heavy atom. The summed E-state index contributed by atoms with van der Waals surface area (Å²) in [5, 5.41) is 16.7. The molecule has 0 bridgehead atoms. The molecule has 0 atom stereocenters. The molecule has 0 amide bonds. The molecule has 9 nitrogen and oxygen atoms in total. The van der Waals surface area contributed by atoms with Gasteiger partial charge in [0.1, 0.15) is 17.6 Å². The average molecular weight is 366 g/mol. The van der Waals surface area contributed by atoms with Gasteiger partial charge < -0.3 is 10.1 Å². The van der Waals surface area contributed by atoms with Crippen LogP contribution in [0, 0.1) is 11.3 Å². The van der Waals surface area contributed by atoms with Gasteiger partial charge >= 0.3 is 5.69 Å². The molecule has 3 aromatic rings. The number of benzene rings is 1. The summed E-state index contributed by atoms with van der Waals surface area (Å²) in [6, 6.07) is 11.1. The van der Waals surface area contributed by atoms with E-state index in [2.05, 4.69) is 10.4 Å². The summed E-state index contributed by atoms with van der Waals surface area (Å²) in [7, 11) is 4.44. The number of aromatic nitrogens is 4. The maximum absolute atomic E-state index is 12.1. The third kappa shape index (κ3) is 3.32. The normalized spacial score (nSPS) is 10.4. The van der Waals surface area contributed by atoms with Gasteiger partial charge in [-0.3, -0.25) is 13.9 Å². The van der Waals surface area contributed by atoms with Crippen LogP contribution in [0.1, 0.15) is 11.3 Å². The van der Waals surface area contributed by atoms with Gasteiger partial charge in [0.05, 0.1) is 25.0 Å². The molecule has 2 heterocycles. The van der Waals surface area contributed by atoms with Crippen LogP contribution in [-0.2, 0) is 20.6 Å². The summed E-state index contributed by atoms with van der Waals surface area (Å²) < 4.78 is 8.98. The summed E-state index contributed by atoms with van der Waals surface area (Å²) >= 11 is 0. The highest BCUT2D eigenvalue weighted by molar-refractivity contribution is 5.51. The lowest BCUT2D eigenvalue weighted by Crippen LogP contribution is -2.39. The lowest BCUT2D eigenvalue weighted by atomic mass is 10.3. The smallest absolute Gasteiger partial charge is 0.332 e. The van der Waals surface area contributed by atoms with Gasteiger partial charge in [-0.25, -0.2) is 9.48 Å². The zero-order valence-corrected chi connectivity index (χ0v) is 15.1. The Labute approximate surface area is 154 Å². The number of anilines is 1. The van der Waals surface area contributed by atoms with E-state index in [0.717, 1.165) is 16.0 Å². The molecule has 1 aromatic carbocycles. The van der Waals surface area contributed by atoms with Crippen molar-refractivity contribution in [3.63, 3.8) is 0 Å². The Balaban J connectivity index is 1.84. The fourth-order valence-electron chi connectivity index (χ4n) is 2.66. The van der Waals surface area contributed by atoms with E-state index in [4.69, 9.17) is 4.74 Å². The highest BCUT2D eigenvalue weighted by Gasteiger charge is 2.15. The number of nitriles is 1. The van der Waals surface area contributed by atoms with Crippen molar-refractivity contribution in [3.05, 3.63) is 68.6 Å². The molecule has 0 aliphatic carbocycles. The van der Waals surface area contributed by atoms with Crippen LogP contribution in [0.25, 0.3) is 5.69 Å². The van der Waals surface area contributed by atoms with E-state index in [-0.39, 0.29) is 17.9 Å². The number of ether oxygens (including phenoxy) is 1. The van der Waals surface area contributed by atoms with Gasteiger partial charge in [0.2, 0.25) is 0 Å². The van der Waals surface area contributed by atoms with E-state index in [1.54, 1.807) is 18.0 Å². The van der Waals surface area contributed by atoms with Crippen molar-refractivity contribution in [1.29, 1.82) is 5.26 Å². The van der Waals surface area contributed by atoms with Crippen LogP contribution in [0.5, 0.6) is 5.75 Å². The minimum Gasteiger partial charge on any atom is -0.497 e. The lowest BCUT2D eigenvalue weighted by molar-refractivity contribution is 0.414. The third-order valence-corrected chi connectivity index (χ3v) is 4.19. The topological polar surface area (TPSA) is 107 Å². The van der Waals surface area contributed by atoms with Crippen molar-refractivity contribution in [1.82, 2.24) is 18.9 Å². The number of methoxy groups -OCH3 is 1. The molecule has 2 aromatic heterocycles. The third-order valence-electron chi connectivity index (χ3n) is 4.19. The first kappa shape index (κ1) is 18.0. The minimum atomic E-state index is -0.633. The maximum Gasteiger partial charge on any atom is 0.332 e. The first-order valence-electron chi connectivity index (χ1n) is 8.09. The fraction of sp³-hybridized carbons (Fsp3) is 0.222. The molecule has 0 aliphatic heterocycles. The molecular weight excluding hydrogens is 348 g/mol. The van der Waals surface area contributed by atoms with E-state index in [0.29, 0.717) is 5.69 Å². The summed E-state index contributed by atoms with van der Waals surface area (Å²) in [5.74, 6) is 0.924. The molecule has 138 valence electrons. The van der Waals surface area contributed by atoms with Crippen molar-refractivity contribution in [2.24, 2.45) is 14.1 Å². The lowest BCUT2D eigenvalue weighted by Gasteiger charge is -2.12. The Bertz CT molecular complexity index is 1130. The molecule has 0 saturated heterocycles. The maximum atomic E-state index is 12.1. The number of nitrogens with one attached hydrogen (secondary N) is 1. The summed E-state index contributed by atoms with van der Waals surface area (Å²) in [6.07, 6.45) is 1.80. The largest absolute Gasteiger partial charge is 0.497 e. The van der Waals surface area contributed by atoms with E-state index in [9.17, 15) is 14.9 Å². The van der Waals surface area contributed by atoms with E-state index < -0.39 is 11.2 Å². The van der Waals surface area contributed by atoms with E-state index in [1.807, 2.05) is 36.4 Å². The second kappa shape index (κ2) is 7.21. The standard InChI is InChI=1S/C18H18N6O3/c1-22-16(15(10-19)17(25)23(2)18(22)26)20-11-12-8-9-24(21-12)13-4-6-14(27-3)7-5-13/h4-9,20H,11H2,1-3H3. The molecular formula is C18H18N6O3. The summed E-state index contributed by atoms with van der Waals surface area (Å²) in [5.41, 5.74) is 0.287. The number of nitrogens with zero attached hydrogens (tertiary/aromatic N) is 5. The van der Waals surface area contributed by atoms with Crippen LogP contribution in [0.2, 0.25) is 0 Å². The predicted octanol–water partition coefficient (Wildman–Crippen LogP) is 0.762. The van der Waals surface area contributed by atoms with Crippen molar-refractivity contribution < 1.29 is 4.74 Å². The minimum absolute atomic E-state index is 0.116. The Hall–Kier alpha value is -3.80. The zero-order chi connectivity index (χ0) is 19.6. The molecule has 0 fully saturated rings. The van der Waals surface area contributed by atoms with Crippen LogP contribution in [0.15, 0.2) is 46.1 Å². The van der Waals surface area contributed by atoms with E-state index in [1.165, 1.54) is 18.7 Å². The zero-order valence-electron chi connectivity index (χ0n) is 15.1. The van der Waals surface area contributed by atoms with Crippen LogP contribution in [0.4, 0.5) is 5.82 Å². The molecule has 0 unspecified atom stereocenters. The molecule has 9 heteroatoms. The van der Waals surface area contributed by atoms with Crippen molar-refractivity contribution in [2.75, 3.05) is 12.4 Å². The van der Waals surface area contributed by atoms with Crippen molar-refractivity contribution in [3.8, 4) is 17.5 Å². The summed E-state index contributed by atoms with van der Waals surface area (Å²) in [6.45, 7) is 0.248.